The summed E-state index contributed by atoms with van der Waals surface area (Å²) in [7, 11) is 1.41. The molecule has 1 rings (SSSR count). The average Bonchev–Trinajstić information content (AvgIpc) is 3.00. The normalized spacial score (nSPS) is 19.7. The number of aliphatic hydroxyl groups excluding tert-OH is 1. The molecule has 0 heterocycles. The van der Waals surface area contributed by atoms with Crippen molar-refractivity contribution in [3.05, 3.63) is 0 Å². The lowest BCUT2D eigenvalue weighted by Gasteiger charge is -2.27. The van der Waals surface area contributed by atoms with Crippen LogP contribution in [0.25, 0.3) is 0 Å². The van der Waals surface area contributed by atoms with E-state index in [0.717, 1.165) is 12.8 Å². The summed E-state index contributed by atoms with van der Waals surface area (Å²) in [5.41, 5.74) is -0.615. The third-order valence-electron chi connectivity index (χ3n) is 2.36. The van der Waals surface area contributed by atoms with E-state index in [1.165, 1.54) is 7.11 Å². The van der Waals surface area contributed by atoms with Crippen LogP contribution in [0.3, 0.4) is 0 Å². The van der Waals surface area contributed by atoms with Crippen LogP contribution in [0, 0.1) is 0 Å². The zero-order valence-corrected chi connectivity index (χ0v) is 10.1. The maximum absolute atomic E-state index is 11.6. The lowest BCUT2D eigenvalue weighted by molar-refractivity contribution is -0.147. The zero-order chi connectivity index (χ0) is 11.3. The number of hydrogen-bond donors (Lipinski definition) is 2. The number of thioether (sulfide) groups is 1. The first-order chi connectivity index (χ1) is 7.12. The van der Waals surface area contributed by atoms with Crippen molar-refractivity contribution < 1.29 is 14.6 Å². The number of methoxy groups -OCH3 is 1. The molecule has 1 fully saturated rings. The van der Waals surface area contributed by atoms with Gasteiger partial charge in [-0.1, -0.05) is 0 Å². The lowest BCUT2D eigenvalue weighted by Crippen LogP contribution is -2.53. The molecule has 4 nitrogen and oxygen atoms in total. The molecule has 0 radical (unpaired) electrons. The van der Waals surface area contributed by atoms with Crippen LogP contribution in [0.4, 0.5) is 0 Å². The Kier molecular flexibility index (Phi) is 4.89. The Hall–Kier alpha value is -0.260. The minimum atomic E-state index is -0.615. The molecule has 1 saturated carbocycles. The van der Waals surface area contributed by atoms with E-state index in [2.05, 4.69) is 5.32 Å². The second kappa shape index (κ2) is 5.72. The van der Waals surface area contributed by atoms with Crippen LogP contribution in [0.5, 0.6) is 0 Å². The first-order valence-electron chi connectivity index (χ1n) is 5.17. The standard InChI is InChI=1S/C10H19NO3S/c1-10(9(13)14-2,7-15-6-5-12)11-8-3-4-8/h8,11-12H,3-7H2,1-2H3. The van der Waals surface area contributed by atoms with Crippen LogP contribution in [0.2, 0.25) is 0 Å². The van der Waals surface area contributed by atoms with Crippen LogP contribution in [0.1, 0.15) is 19.8 Å². The highest BCUT2D eigenvalue weighted by Crippen LogP contribution is 2.25. The second-order valence-corrected chi connectivity index (χ2v) is 5.12. The van der Waals surface area contributed by atoms with Gasteiger partial charge in [0.05, 0.1) is 13.7 Å². The lowest BCUT2D eigenvalue weighted by atomic mass is 10.1. The van der Waals surface area contributed by atoms with Crippen molar-refractivity contribution in [1.29, 1.82) is 0 Å². The van der Waals surface area contributed by atoms with Crippen molar-refractivity contribution in [2.75, 3.05) is 25.2 Å². The third kappa shape index (κ3) is 4.01. The molecule has 1 atom stereocenters. The number of hydrogen-bond acceptors (Lipinski definition) is 5. The van der Waals surface area contributed by atoms with Crippen molar-refractivity contribution >= 4 is 17.7 Å². The number of carbonyl (C=O) groups is 1. The first-order valence-corrected chi connectivity index (χ1v) is 6.32. The monoisotopic (exact) mass is 233 g/mol. The van der Waals surface area contributed by atoms with Gasteiger partial charge in [0.15, 0.2) is 0 Å². The summed E-state index contributed by atoms with van der Waals surface area (Å²) in [6.07, 6.45) is 2.27. The number of carbonyl (C=O) groups excluding carboxylic acids is 1. The number of rotatable bonds is 7. The Morgan fingerprint density at radius 2 is 2.33 bits per heavy atom. The van der Waals surface area contributed by atoms with E-state index in [1.54, 1.807) is 11.8 Å². The fraction of sp³-hybridized carbons (Fsp3) is 0.900. The van der Waals surface area contributed by atoms with Crippen LogP contribution in [0.15, 0.2) is 0 Å². The number of esters is 1. The Labute approximate surface area is 94.8 Å². The second-order valence-electron chi connectivity index (χ2n) is 4.02. The predicted octanol–water partition coefficient (Wildman–Crippen LogP) is 0.396. The minimum absolute atomic E-state index is 0.144. The summed E-state index contributed by atoms with van der Waals surface area (Å²) in [6.45, 7) is 2.01. The molecule has 0 aromatic rings. The molecule has 1 aliphatic carbocycles. The van der Waals surface area contributed by atoms with Crippen LogP contribution in [-0.2, 0) is 9.53 Å². The summed E-state index contributed by atoms with van der Waals surface area (Å²) in [4.78, 5) is 11.6. The number of aliphatic hydroxyl groups is 1. The van der Waals surface area contributed by atoms with Crippen molar-refractivity contribution in [3.8, 4) is 0 Å². The minimum Gasteiger partial charge on any atom is -0.468 e. The van der Waals surface area contributed by atoms with E-state index >= 15 is 0 Å². The van der Waals surface area contributed by atoms with Gasteiger partial charge in [0.2, 0.25) is 0 Å². The molecule has 0 amide bonds. The molecule has 0 aliphatic heterocycles. The molecule has 15 heavy (non-hydrogen) atoms. The predicted molar refractivity (Wildman–Crippen MR) is 61.0 cm³/mol. The van der Waals surface area contributed by atoms with Gasteiger partial charge in [0.1, 0.15) is 5.54 Å². The first kappa shape index (κ1) is 12.8. The van der Waals surface area contributed by atoms with Gasteiger partial charge >= 0.3 is 5.97 Å². The highest BCUT2D eigenvalue weighted by molar-refractivity contribution is 7.99. The molecule has 0 aromatic heterocycles. The highest BCUT2D eigenvalue weighted by atomic mass is 32.2. The maximum atomic E-state index is 11.6. The van der Waals surface area contributed by atoms with Crippen molar-refractivity contribution in [1.82, 2.24) is 5.32 Å². The molecule has 88 valence electrons. The average molecular weight is 233 g/mol. The molecular formula is C10H19NO3S. The van der Waals surface area contributed by atoms with Gasteiger partial charge in [-0.3, -0.25) is 10.1 Å². The Bertz CT molecular complexity index is 221. The molecule has 0 spiro atoms. The molecule has 1 unspecified atom stereocenters. The van der Waals surface area contributed by atoms with Crippen LogP contribution in [-0.4, -0.2) is 47.9 Å². The third-order valence-corrected chi connectivity index (χ3v) is 3.62. The molecule has 5 heteroatoms. The van der Waals surface area contributed by atoms with Gasteiger partial charge in [0, 0.05) is 17.5 Å². The molecule has 2 N–H and O–H groups in total. The van der Waals surface area contributed by atoms with Gasteiger partial charge in [0.25, 0.3) is 0 Å². The van der Waals surface area contributed by atoms with E-state index in [-0.39, 0.29) is 12.6 Å². The van der Waals surface area contributed by atoms with Crippen molar-refractivity contribution in [3.63, 3.8) is 0 Å². The summed E-state index contributed by atoms with van der Waals surface area (Å²) >= 11 is 1.56. The fourth-order valence-electron chi connectivity index (χ4n) is 1.40. The fourth-order valence-corrected chi connectivity index (χ4v) is 2.29. The largest absolute Gasteiger partial charge is 0.468 e. The van der Waals surface area contributed by atoms with E-state index in [4.69, 9.17) is 9.84 Å². The van der Waals surface area contributed by atoms with E-state index < -0.39 is 5.54 Å². The summed E-state index contributed by atoms with van der Waals surface area (Å²) < 4.78 is 4.80. The van der Waals surface area contributed by atoms with Gasteiger partial charge in [-0.15, -0.1) is 0 Å². The SMILES string of the molecule is COC(=O)C(C)(CSCCO)NC1CC1. The van der Waals surface area contributed by atoms with Crippen LogP contribution < -0.4 is 5.32 Å². The van der Waals surface area contributed by atoms with E-state index in [9.17, 15) is 4.79 Å². The topological polar surface area (TPSA) is 58.6 Å². The van der Waals surface area contributed by atoms with Crippen molar-refractivity contribution in [2.24, 2.45) is 0 Å². The van der Waals surface area contributed by atoms with Gasteiger partial charge in [-0.05, 0) is 19.8 Å². The quantitative estimate of drug-likeness (QED) is 0.492. The summed E-state index contributed by atoms with van der Waals surface area (Å²) in [5.74, 6) is 1.06. The Morgan fingerprint density at radius 1 is 1.67 bits per heavy atom. The van der Waals surface area contributed by atoms with Crippen molar-refractivity contribution in [2.45, 2.75) is 31.3 Å². The zero-order valence-electron chi connectivity index (χ0n) is 9.28. The molecule has 1 aliphatic rings. The van der Waals surface area contributed by atoms with Crippen LogP contribution >= 0.6 is 11.8 Å². The molecular weight excluding hydrogens is 214 g/mol. The molecule has 0 bridgehead atoms. The number of nitrogens with one attached hydrogen (secondary N) is 1. The van der Waals surface area contributed by atoms with Gasteiger partial charge in [-0.2, -0.15) is 11.8 Å². The van der Waals surface area contributed by atoms with Gasteiger partial charge in [-0.25, -0.2) is 0 Å². The van der Waals surface area contributed by atoms with E-state index in [1.807, 2.05) is 6.92 Å². The highest BCUT2D eigenvalue weighted by Gasteiger charge is 2.39. The maximum Gasteiger partial charge on any atom is 0.326 e. The molecule has 0 aromatic carbocycles. The Balaban J connectivity index is 2.45. The Morgan fingerprint density at radius 3 is 2.80 bits per heavy atom. The summed E-state index contributed by atoms with van der Waals surface area (Å²) in [6, 6.07) is 0.462. The smallest absolute Gasteiger partial charge is 0.326 e. The van der Waals surface area contributed by atoms with Gasteiger partial charge < -0.3 is 9.84 Å². The number of ether oxygens (including phenoxy) is 1. The molecule has 0 saturated heterocycles. The van der Waals surface area contributed by atoms with E-state index in [0.29, 0.717) is 17.5 Å². The summed E-state index contributed by atoms with van der Waals surface area (Å²) in [5, 5.41) is 12.0.